The van der Waals surface area contributed by atoms with E-state index in [9.17, 15) is 18.0 Å². The standard InChI is InChI=1S/C4H4BrF3O2/c5-2(3(9)10)1-4(6,7)8/h2H,1H2,(H,9,10)/t2-/m1/s1. The van der Waals surface area contributed by atoms with Crippen molar-refractivity contribution in [1.82, 2.24) is 0 Å². The lowest BCUT2D eigenvalue weighted by Gasteiger charge is -2.07. The summed E-state index contributed by atoms with van der Waals surface area (Å²) >= 11 is 2.36. The zero-order chi connectivity index (χ0) is 8.36. The molecule has 2 nitrogen and oxygen atoms in total. The molecule has 0 bridgehead atoms. The highest BCUT2D eigenvalue weighted by molar-refractivity contribution is 9.10. The molecule has 1 N–H and O–H groups in total. The second kappa shape index (κ2) is 3.23. The Labute approximate surface area is 63.2 Å². The largest absolute Gasteiger partial charge is 0.480 e. The number of halogens is 4. The Hall–Kier alpha value is -0.260. The zero-order valence-corrected chi connectivity index (χ0v) is 6.24. The summed E-state index contributed by atoms with van der Waals surface area (Å²) in [5.74, 6) is -1.50. The van der Waals surface area contributed by atoms with E-state index in [1.165, 1.54) is 0 Å². The monoisotopic (exact) mass is 220 g/mol. The first kappa shape index (κ1) is 9.74. The SMILES string of the molecule is O=C(O)[C@H](Br)CC(F)(F)F. The van der Waals surface area contributed by atoms with Crippen LogP contribution in [0.15, 0.2) is 0 Å². The number of carbonyl (C=O) groups is 1. The van der Waals surface area contributed by atoms with E-state index in [1.54, 1.807) is 0 Å². The maximum absolute atomic E-state index is 11.4. The van der Waals surface area contributed by atoms with E-state index in [0.29, 0.717) is 0 Å². The van der Waals surface area contributed by atoms with Gasteiger partial charge in [-0.1, -0.05) is 15.9 Å². The third kappa shape index (κ3) is 4.60. The third-order valence-electron chi connectivity index (χ3n) is 0.679. The maximum atomic E-state index is 11.4. The van der Waals surface area contributed by atoms with Crippen molar-refractivity contribution >= 4 is 21.9 Å². The second-order valence-corrected chi connectivity index (χ2v) is 2.73. The van der Waals surface area contributed by atoms with Gasteiger partial charge in [0, 0.05) is 0 Å². The van der Waals surface area contributed by atoms with Gasteiger partial charge >= 0.3 is 12.1 Å². The zero-order valence-electron chi connectivity index (χ0n) is 4.65. The minimum absolute atomic E-state index is 1.34. The Kier molecular flexibility index (Phi) is 3.14. The van der Waals surface area contributed by atoms with Crippen molar-refractivity contribution in [2.24, 2.45) is 0 Å². The molecule has 0 aromatic rings. The highest BCUT2D eigenvalue weighted by atomic mass is 79.9. The van der Waals surface area contributed by atoms with Crippen molar-refractivity contribution < 1.29 is 23.1 Å². The maximum Gasteiger partial charge on any atom is 0.390 e. The number of hydrogen-bond acceptors (Lipinski definition) is 1. The topological polar surface area (TPSA) is 37.3 Å². The summed E-state index contributed by atoms with van der Waals surface area (Å²) in [5, 5.41) is 8.00. The van der Waals surface area contributed by atoms with E-state index in [0.717, 1.165) is 0 Å². The number of alkyl halides is 4. The van der Waals surface area contributed by atoms with E-state index in [1.807, 2.05) is 0 Å². The van der Waals surface area contributed by atoms with Gasteiger partial charge in [-0.3, -0.25) is 4.79 Å². The number of hydrogen-bond donors (Lipinski definition) is 1. The molecule has 0 aliphatic carbocycles. The van der Waals surface area contributed by atoms with Crippen LogP contribution >= 0.6 is 15.9 Å². The fourth-order valence-corrected chi connectivity index (χ4v) is 0.658. The first-order valence-corrected chi connectivity index (χ1v) is 3.18. The van der Waals surface area contributed by atoms with Gasteiger partial charge in [-0.15, -0.1) is 0 Å². The fourth-order valence-electron chi connectivity index (χ4n) is 0.291. The summed E-state index contributed by atoms with van der Waals surface area (Å²) in [5.41, 5.74) is 0. The van der Waals surface area contributed by atoms with Gasteiger partial charge in [0.15, 0.2) is 0 Å². The van der Waals surface area contributed by atoms with Crippen molar-refractivity contribution in [3.05, 3.63) is 0 Å². The summed E-state index contributed by atoms with van der Waals surface area (Å²) in [7, 11) is 0. The molecule has 0 aliphatic rings. The Bertz CT molecular complexity index is 133. The molecular formula is C4H4BrF3O2. The van der Waals surface area contributed by atoms with E-state index in [4.69, 9.17) is 5.11 Å². The highest BCUT2D eigenvalue weighted by Crippen LogP contribution is 2.24. The van der Waals surface area contributed by atoms with Gasteiger partial charge in [0.25, 0.3) is 0 Å². The van der Waals surface area contributed by atoms with Crippen molar-refractivity contribution in [2.45, 2.75) is 17.4 Å². The van der Waals surface area contributed by atoms with Gasteiger partial charge in [-0.2, -0.15) is 13.2 Å². The van der Waals surface area contributed by atoms with Crippen LogP contribution in [-0.4, -0.2) is 22.1 Å². The van der Waals surface area contributed by atoms with Crippen LogP contribution in [0.2, 0.25) is 0 Å². The summed E-state index contributed by atoms with van der Waals surface area (Å²) in [6, 6.07) is 0. The average Bonchev–Trinajstić information content (AvgIpc) is 1.60. The van der Waals surface area contributed by atoms with Crippen molar-refractivity contribution in [3.8, 4) is 0 Å². The predicted octanol–water partition coefficient (Wildman–Crippen LogP) is 1.79. The number of rotatable bonds is 2. The molecule has 0 fully saturated rings. The summed E-state index contributed by atoms with van der Waals surface area (Å²) in [6.07, 6.45) is -5.77. The lowest BCUT2D eigenvalue weighted by Crippen LogP contribution is -2.21. The quantitative estimate of drug-likeness (QED) is 0.721. The van der Waals surface area contributed by atoms with Gasteiger partial charge in [-0.25, -0.2) is 0 Å². The van der Waals surface area contributed by atoms with Crippen LogP contribution in [0.4, 0.5) is 13.2 Å². The molecule has 10 heavy (non-hydrogen) atoms. The number of aliphatic carboxylic acids is 1. The minimum Gasteiger partial charge on any atom is -0.480 e. The summed E-state index contributed by atoms with van der Waals surface area (Å²) in [4.78, 5) is 8.30. The molecule has 6 heteroatoms. The van der Waals surface area contributed by atoms with Crippen LogP contribution in [-0.2, 0) is 4.79 Å². The van der Waals surface area contributed by atoms with Crippen molar-refractivity contribution in [3.63, 3.8) is 0 Å². The first-order chi connectivity index (χ1) is 4.33. The van der Waals surface area contributed by atoms with Crippen molar-refractivity contribution in [1.29, 1.82) is 0 Å². The average molecular weight is 221 g/mol. The van der Waals surface area contributed by atoms with Crippen molar-refractivity contribution in [2.75, 3.05) is 0 Å². The van der Waals surface area contributed by atoms with Gasteiger partial charge in [0.1, 0.15) is 4.83 Å². The molecule has 0 amide bonds. The Morgan fingerprint density at radius 3 is 2.10 bits per heavy atom. The summed E-state index contributed by atoms with van der Waals surface area (Å²) in [6.45, 7) is 0. The van der Waals surface area contributed by atoms with Crippen LogP contribution < -0.4 is 0 Å². The van der Waals surface area contributed by atoms with E-state index in [-0.39, 0.29) is 0 Å². The van der Waals surface area contributed by atoms with Gasteiger partial charge < -0.3 is 5.11 Å². The van der Waals surface area contributed by atoms with Crippen LogP contribution in [0.5, 0.6) is 0 Å². The molecule has 60 valence electrons. The van der Waals surface area contributed by atoms with E-state index >= 15 is 0 Å². The molecule has 0 heterocycles. The fraction of sp³-hybridized carbons (Fsp3) is 0.750. The third-order valence-corrected chi connectivity index (χ3v) is 1.39. The molecule has 0 aromatic carbocycles. The molecule has 0 rings (SSSR count). The molecule has 0 saturated carbocycles. The van der Waals surface area contributed by atoms with E-state index < -0.39 is 23.4 Å². The normalized spacial score (nSPS) is 14.8. The van der Waals surface area contributed by atoms with Crippen LogP contribution in [0.1, 0.15) is 6.42 Å². The lowest BCUT2D eigenvalue weighted by atomic mass is 10.3. The number of carboxylic acids is 1. The summed E-state index contributed by atoms with van der Waals surface area (Å²) < 4.78 is 34.1. The second-order valence-electron chi connectivity index (χ2n) is 1.63. The van der Waals surface area contributed by atoms with Gasteiger partial charge in [0.05, 0.1) is 6.42 Å². The molecule has 0 unspecified atom stereocenters. The van der Waals surface area contributed by atoms with Crippen LogP contribution in [0.25, 0.3) is 0 Å². The number of carboxylic acid groups (broad SMARTS) is 1. The molecule has 0 aliphatic heterocycles. The molecular weight excluding hydrogens is 217 g/mol. The highest BCUT2D eigenvalue weighted by Gasteiger charge is 2.33. The first-order valence-electron chi connectivity index (χ1n) is 2.26. The molecule has 1 atom stereocenters. The Morgan fingerprint density at radius 1 is 1.60 bits per heavy atom. The Morgan fingerprint density at radius 2 is 2.00 bits per heavy atom. The molecule has 0 aromatic heterocycles. The molecule has 0 radical (unpaired) electrons. The van der Waals surface area contributed by atoms with Crippen LogP contribution in [0, 0.1) is 0 Å². The van der Waals surface area contributed by atoms with Crippen LogP contribution in [0.3, 0.4) is 0 Å². The van der Waals surface area contributed by atoms with E-state index in [2.05, 4.69) is 15.9 Å². The lowest BCUT2D eigenvalue weighted by molar-refractivity contribution is -0.151. The molecule has 0 spiro atoms. The van der Waals surface area contributed by atoms with Gasteiger partial charge in [-0.05, 0) is 0 Å². The minimum atomic E-state index is -4.42. The Balaban J connectivity index is 3.80. The van der Waals surface area contributed by atoms with Gasteiger partial charge in [0.2, 0.25) is 0 Å². The molecule has 0 saturated heterocycles. The predicted molar refractivity (Wildman–Crippen MR) is 31.0 cm³/mol. The smallest absolute Gasteiger partial charge is 0.390 e.